The van der Waals surface area contributed by atoms with Gasteiger partial charge < -0.3 is 4.74 Å². The van der Waals surface area contributed by atoms with Gasteiger partial charge in [0.2, 0.25) is 0 Å². The largest absolute Gasteiger partial charge is 0.378 e. The fraction of sp³-hybridized carbons (Fsp3) is 1.00. The van der Waals surface area contributed by atoms with Crippen molar-refractivity contribution in [2.45, 2.75) is 65.4 Å². The van der Waals surface area contributed by atoms with Crippen LogP contribution in [-0.4, -0.2) is 12.7 Å². The average Bonchev–Trinajstić information content (AvgIpc) is 1.92. The molecule has 0 aromatic rings. The molecule has 0 spiro atoms. The van der Waals surface area contributed by atoms with Crippen LogP contribution in [0.15, 0.2) is 0 Å². The summed E-state index contributed by atoms with van der Waals surface area (Å²) in [4.78, 5) is 0. The third-order valence-electron chi connectivity index (χ3n) is 2.61. The standard InChI is InChI=1S/C12H24O/c1-12(2,3)10-11-8-6-4-5-7-9-13-11/h11H,4-10H2,1-3H3. The molecule has 1 saturated heterocycles. The third kappa shape index (κ3) is 5.30. The molecule has 1 atom stereocenters. The van der Waals surface area contributed by atoms with Crippen LogP contribution in [0.2, 0.25) is 0 Å². The molecule has 0 aromatic heterocycles. The molecule has 1 fully saturated rings. The van der Waals surface area contributed by atoms with Gasteiger partial charge in [-0.25, -0.2) is 0 Å². The molecule has 0 amide bonds. The Balaban J connectivity index is 2.29. The van der Waals surface area contributed by atoms with Crippen LogP contribution in [0.25, 0.3) is 0 Å². The maximum absolute atomic E-state index is 5.86. The van der Waals surface area contributed by atoms with Crippen LogP contribution < -0.4 is 0 Å². The van der Waals surface area contributed by atoms with E-state index in [1.165, 1.54) is 38.5 Å². The van der Waals surface area contributed by atoms with Crippen LogP contribution in [0, 0.1) is 5.41 Å². The van der Waals surface area contributed by atoms with Gasteiger partial charge in [0.15, 0.2) is 0 Å². The van der Waals surface area contributed by atoms with Gasteiger partial charge >= 0.3 is 0 Å². The molecule has 1 heterocycles. The predicted octanol–water partition coefficient (Wildman–Crippen LogP) is 3.77. The molecule has 1 aliphatic rings. The van der Waals surface area contributed by atoms with E-state index in [1.807, 2.05) is 0 Å². The molecule has 0 aromatic carbocycles. The van der Waals surface area contributed by atoms with E-state index in [1.54, 1.807) is 0 Å². The minimum Gasteiger partial charge on any atom is -0.378 e. The molecule has 0 saturated carbocycles. The number of rotatable bonds is 1. The van der Waals surface area contributed by atoms with Crippen molar-refractivity contribution in [2.75, 3.05) is 6.61 Å². The molecule has 1 aliphatic heterocycles. The predicted molar refractivity (Wildman–Crippen MR) is 56.9 cm³/mol. The molecule has 0 N–H and O–H groups in total. The van der Waals surface area contributed by atoms with Crippen molar-refractivity contribution in [3.8, 4) is 0 Å². The summed E-state index contributed by atoms with van der Waals surface area (Å²) in [5.41, 5.74) is 0.420. The summed E-state index contributed by atoms with van der Waals surface area (Å²) < 4.78 is 5.86. The Bertz CT molecular complexity index is 127. The van der Waals surface area contributed by atoms with Crippen LogP contribution in [0.3, 0.4) is 0 Å². The second-order valence-electron chi connectivity index (χ2n) is 5.46. The Morgan fingerprint density at radius 1 is 1.08 bits per heavy atom. The van der Waals surface area contributed by atoms with E-state index in [9.17, 15) is 0 Å². The van der Waals surface area contributed by atoms with Gasteiger partial charge in [0.1, 0.15) is 0 Å². The minimum absolute atomic E-state index is 0.420. The van der Waals surface area contributed by atoms with Crippen molar-refractivity contribution in [3.05, 3.63) is 0 Å². The molecular formula is C12H24O. The molecule has 0 radical (unpaired) electrons. The summed E-state index contributed by atoms with van der Waals surface area (Å²) in [7, 11) is 0. The van der Waals surface area contributed by atoms with E-state index in [4.69, 9.17) is 4.74 Å². The Hall–Kier alpha value is -0.0400. The molecule has 1 nitrogen and oxygen atoms in total. The fourth-order valence-electron chi connectivity index (χ4n) is 2.00. The normalized spacial score (nSPS) is 26.5. The second kappa shape index (κ2) is 4.99. The molecule has 1 unspecified atom stereocenters. The lowest BCUT2D eigenvalue weighted by molar-refractivity contribution is 0.0105. The number of ether oxygens (including phenoxy) is 1. The maximum atomic E-state index is 5.86. The van der Waals surface area contributed by atoms with Gasteiger partial charge in [-0.1, -0.05) is 40.0 Å². The summed E-state index contributed by atoms with van der Waals surface area (Å²) >= 11 is 0. The van der Waals surface area contributed by atoms with Crippen LogP contribution in [0.1, 0.15) is 59.3 Å². The molecule has 1 heteroatoms. The summed E-state index contributed by atoms with van der Waals surface area (Å²) in [6, 6.07) is 0. The van der Waals surface area contributed by atoms with Gasteiger partial charge in [-0.3, -0.25) is 0 Å². The number of hydrogen-bond acceptors (Lipinski definition) is 1. The van der Waals surface area contributed by atoms with E-state index < -0.39 is 0 Å². The summed E-state index contributed by atoms with van der Waals surface area (Å²) in [6.45, 7) is 7.89. The molecule has 78 valence electrons. The molecule has 13 heavy (non-hydrogen) atoms. The highest BCUT2D eigenvalue weighted by Gasteiger charge is 2.19. The minimum atomic E-state index is 0.420. The smallest absolute Gasteiger partial charge is 0.0580 e. The first kappa shape index (κ1) is 11.0. The zero-order valence-corrected chi connectivity index (χ0v) is 9.44. The quantitative estimate of drug-likeness (QED) is 0.602. The molecular weight excluding hydrogens is 160 g/mol. The molecule has 0 bridgehead atoms. The van der Waals surface area contributed by atoms with E-state index in [0.717, 1.165) is 6.61 Å². The zero-order valence-electron chi connectivity index (χ0n) is 9.44. The SMILES string of the molecule is CC(C)(C)CC1CCCCCCO1. The van der Waals surface area contributed by atoms with Gasteiger partial charge in [-0.2, -0.15) is 0 Å². The topological polar surface area (TPSA) is 9.23 Å². The summed E-state index contributed by atoms with van der Waals surface area (Å²) in [5.74, 6) is 0. The van der Waals surface area contributed by atoms with Crippen LogP contribution in [0.4, 0.5) is 0 Å². The average molecular weight is 184 g/mol. The first-order valence-electron chi connectivity index (χ1n) is 5.69. The van der Waals surface area contributed by atoms with Crippen LogP contribution in [-0.2, 0) is 4.74 Å². The lowest BCUT2D eigenvalue weighted by Gasteiger charge is -2.27. The fourth-order valence-corrected chi connectivity index (χ4v) is 2.00. The lowest BCUT2D eigenvalue weighted by atomic mass is 9.87. The van der Waals surface area contributed by atoms with Gasteiger partial charge in [-0.15, -0.1) is 0 Å². The Kier molecular flexibility index (Phi) is 4.24. The highest BCUT2D eigenvalue weighted by Crippen LogP contribution is 2.26. The summed E-state index contributed by atoms with van der Waals surface area (Å²) in [5, 5.41) is 0. The van der Waals surface area contributed by atoms with E-state index in [-0.39, 0.29) is 0 Å². The first-order valence-corrected chi connectivity index (χ1v) is 5.69. The van der Waals surface area contributed by atoms with Crippen molar-refractivity contribution in [1.29, 1.82) is 0 Å². The van der Waals surface area contributed by atoms with Crippen molar-refractivity contribution >= 4 is 0 Å². The monoisotopic (exact) mass is 184 g/mol. The van der Waals surface area contributed by atoms with Crippen molar-refractivity contribution in [2.24, 2.45) is 5.41 Å². The summed E-state index contributed by atoms with van der Waals surface area (Å²) in [6.07, 6.45) is 8.41. The Labute approximate surface area is 82.9 Å². The van der Waals surface area contributed by atoms with Crippen molar-refractivity contribution in [1.82, 2.24) is 0 Å². The Morgan fingerprint density at radius 3 is 2.46 bits per heavy atom. The van der Waals surface area contributed by atoms with E-state index in [2.05, 4.69) is 20.8 Å². The number of hydrogen-bond donors (Lipinski definition) is 0. The highest BCUT2D eigenvalue weighted by atomic mass is 16.5. The third-order valence-corrected chi connectivity index (χ3v) is 2.61. The Morgan fingerprint density at radius 2 is 1.77 bits per heavy atom. The van der Waals surface area contributed by atoms with Gasteiger partial charge in [0.25, 0.3) is 0 Å². The zero-order chi connectivity index (χ0) is 9.73. The molecule has 0 aliphatic carbocycles. The lowest BCUT2D eigenvalue weighted by Crippen LogP contribution is -2.22. The molecule has 1 rings (SSSR count). The van der Waals surface area contributed by atoms with Gasteiger partial charge in [-0.05, 0) is 24.7 Å². The van der Waals surface area contributed by atoms with E-state index in [0.29, 0.717) is 11.5 Å². The highest BCUT2D eigenvalue weighted by molar-refractivity contribution is 4.70. The first-order chi connectivity index (χ1) is 6.08. The van der Waals surface area contributed by atoms with Gasteiger partial charge in [0.05, 0.1) is 6.10 Å². The maximum Gasteiger partial charge on any atom is 0.0580 e. The van der Waals surface area contributed by atoms with Crippen LogP contribution >= 0.6 is 0 Å². The van der Waals surface area contributed by atoms with E-state index >= 15 is 0 Å². The van der Waals surface area contributed by atoms with Crippen molar-refractivity contribution < 1.29 is 4.74 Å². The van der Waals surface area contributed by atoms with Crippen molar-refractivity contribution in [3.63, 3.8) is 0 Å². The van der Waals surface area contributed by atoms with Gasteiger partial charge in [0, 0.05) is 6.61 Å². The van der Waals surface area contributed by atoms with Crippen LogP contribution in [0.5, 0.6) is 0 Å². The second-order valence-corrected chi connectivity index (χ2v) is 5.46.